The Kier molecular flexibility index (Phi) is 6.21. The summed E-state index contributed by atoms with van der Waals surface area (Å²) in [6.07, 6.45) is 10.9. The quantitative estimate of drug-likeness (QED) is 0.448. The molecule has 0 saturated carbocycles. The molecule has 1 heterocycles. The van der Waals surface area contributed by atoms with Crippen molar-refractivity contribution in [2.24, 2.45) is 0 Å². The van der Waals surface area contributed by atoms with E-state index in [-0.39, 0.29) is 0 Å². The van der Waals surface area contributed by atoms with Gasteiger partial charge in [0.2, 0.25) is 0 Å². The molecule has 0 aromatic carbocycles. The van der Waals surface area contributed by atoms with Crippen molar-refractivity contribution in [1.29, 1.82) is 0 Å². The smallest absolute Gasteiger partial charge is 0.0953 e. The van der Waals surface area contributed by atoms with E-state index in [9.17, 15) is 0 Å². The van der Waals surface area contributed by atoms with Gasteiger partial charge in [0.25, 0.3) is 0 Å². The topological polar surface area (TPSA) is 18.5 Å². The molecule has 1 fully saturated rings. The first kappa shape index (κ1) is 11.0. The Hall–Kier alpha value is -0.0800. The molecule has 78 valence electrons. The fourth-order valence-electron chi connectivity index (χ4n) is 1.72. The number of hydrogen-bond donors (Lipinski definition) is 0. The van der Waals surface area contributed by atoms with E-state index >= 15 is 0 Å². The van der Waals surface area contributed by atoms with Crippen molar-refractivity contribution in [3.8, 4) is 0 Å². The summed E-state index contributed by atoms with van der Waals surface area (Å²) in [5.41, 5.74) is 0. The predicted octanol–water partition coefficient (Wildman–Crippen LogP) is 3.46. The SMILES string of the molecule is CCCCCCCCC1CCOO1. The van der Waals surface area contributed by atoms with Crippen molar-refractivity contribution in [2.45, 2.75) is 64.4 Å². The lowest BCUT2D eigenvalue weighted by Crippen LogP contribution is -2.03. The van der Waals surface area contributed by atoms with Gasteiger partial charge < -0.3 is 0 Å². The zero-order valence-corrected chi connectivity index (χ0v) is 8.76. The van der Waals surface area contributed by atoms with Gasteiger partial charge in [-0.05, 0) is 6.42 Å². The third-order valence-electron chi connectivity index (χ3n) is 2.61. The van der Waals surface area contributed by atoms with E-state index in [4.69, 9.17) is 9.78 Å². The van der Waals surface area contributed by atoms with Crippen molar-refractivity contribution >= 4 is 0 Å². The predicted molar refractivity (Wildman–Crippen MR) is 53.4 cm³/mol. The molecule has 0 aromatic heterocycles. The average molecular weight is 186 g/mol. The van der Waals surface area contributed by atoms with E-state index in [2.05, 4.69) is 6.92 Å². The van der Waals surface area contributed by atoms with Gasteiger partial charge in [-0.3, -0.25) is 0 Å². The van der Waals surface area contributed by atoms with Crippen LogP contribution < -0.4 is 0 Å². The summed E-state index contributed by atoms with van der Waals surface area (Å²) in [4.78, 5) is 9.93. The molecule has 1 rings (SSSR count). The summed E-state index contributed by atoms with van der Waals surface area (Å²) >= 11 is 0. The molecule has 1 aliphatic rings. The summed E-state index contributed by atoms with van der Waals surface area (Å²) in [6, 6.07) is 0. The van der Waals surface area contributed by atoms with Gasteiger partial charge in [-0.2, -0.15) is 0 Å². The zero-order valence-electron chi connectivity index (χ0n) is 8.76. The van der Waals surface area contributed by atoms with Crippen molar-refractivity contribution in [1.82, 2.24) is 0 Å². The van der Waals surface area contributed by atoms with Gasteiger partial charge in [0.15, 0.2) is 0 Å². The van der Waals surface area contributed by atoms with Crippen LogP contribution in [0.1, 0.15) is 58.3 Å². The summed E-state index contributed by atoms with van der Waals surface area (Å²) in [7, 11) is 0. The van der Waals surface area contributed by atoms with Crippen LogP contribution in [0.25, 0.3) is 0 Å². The fourth-order valence-corrected chi connectivity index (χ4v) is 1.72. The summed E-state index contributed by atoms with van der Waals surface area (Å²) in [5, 5.41) is 0. The Bertz CT molecular complexity index is 109. The van der Waals surface area contributed by atoms with Gasteiger partial charge in [-0.1, -0.05) is 45.4 Å². The number of rotatable bonds is 7. The van der Waals surface area contributed by atoms with Crippen LogP contribution in [0.15, 0.2) is 0 Å². The largest absolute Gasteiger partial charge is 0.236 e. The van der Waals surface area contributed by atoms with Crippen LogP contribution in [0.2, 0.25) is 0 Å². The lowest BCUT2D eigenvalue weighted by molar-refractivity contribution is -0.275. The van der Waals surface area contributed by atoms with Gasteiger partial charge >= 0.3 is 0 Å². The molecule has 0 bridgehead atoms. The monoisotopic (exact) mass is 186 g/mol. The summed E-state index contributed by atoms with van der Waals surface area (Å²) in [5.74, 6) is 0. The van der Waals surface area contributed by atoms with Crippen molar-refractivity contribution in [3.05, 3.63) is 0 Å². The van der Waals surface area contributed by atoms with Crippen LogP contribution >= 0.6 is 0 Å². The standard InChI is InChI=1S/C11H22O2/c1-2-3-4-5-6-7-8-11-9-10-12-13-11/h11H,2-10H2,1H3. The average Bonchev–Trinajstić information content (AvgIpc) is 2.63. The second-order valence-electron chi connectivity index (χ2n) is 3.89. The minimum Gasteiger partial charge on any atom is -0.236 e. The van der Waals surface area contributed by atoms with E-state index in [0.29, 0.717) is 6.10 Å². The van der Waals surface area contributed by atoms with Crippen molar-refractivity contribution in [2.75, 3.05) is 6.61 Å². The second kappa shape index (κ2) is 7.34. The van der Waals surface area contributed by atoms with Crippen LogP contribution in [-0.4, -0.2) is 12.7 Å². The highest BCUT2D eigenvalue weighted by atomic mass is 17.2. The molecule has 2 nitrogen and oxygen atoms in total. The Morgan fingerprint density at radius 2 is 1.85 bits per heavy atom. The van der Waals surface area contributed by atoms with Crippen molar-refractivity contribution < 1.29 is 9.78 Å². The van der Waals surface area contributed by atoms with E-state index in [1.54, 1.807) is 0 Å². The first-order valence-electron chi connectivity index (χ1n) is 5.71. The van der Waals surface area contributed by atoms with Gasteiger partial charge in [0.05, 0.1) is 12.7 Å². The van der Waals surface area contributed by atoms with Crippen LogP contribution in [0.5, 0.6) is 0 Å². The Morgan fingerprint density at radius 1 is 1.08 bits per heavy atom. The lowest BCUT2D eigenvalue weighted by atomic mass is 10.1. The molecule has 1 aliphatic heterocycles. The van der Waals surface area contributed by atoms with Gasteiger partial charge in [0, 0.05) is 6.42 Å². The third kappa shape index (κ3) is 5.27. The van der Waals surface area contributed by atoms with E-state index in [0.717, 1.165) is 13.0 Å². The van der Waals surface area contributed by atoms with Crippen LogP contribution in [0.3, 0.4) is 0 Å². The maximum atomic E-state index is 5.08. The lowest BCUT2D eigenvalue weighted by Gasteiger charge is -2.05. The first-order valence-corrected chi connectivity index (χ1v) is 5.71. The van der Waals surface area contributed by atoms with E-state index < -0.39 is 0 Å². The molecule has 1 unspecified atom stereocenters. The normalized spacial score (nSPS) is 22.4. The molecule has 0 aliphatic carbocycles. The highest BCUT2D eigenvalue weighted by Gasteiger charge is 2.15. The fraction of sp³-hybridized carbons (Fsp3) is 1.00. The summed E-state index contributed by atoms with van der Waals surface area (Å²) < 4.78 is 0. The van der Waals surface area contributed by atoms with E-state index in [1.807, 2.05) is 0 Å². The Balaban J connectivity index is 1.78. The number of hydrogen-bond acceptors (Lipinski definition) is 2. The molecule has 0 amide bonds. The van der Waals surface area contributed by atoms with Gasteiger partial charge in [-0.25, -0.2) is 9.78 Å². The maximum Gasteiger partial charge on any atom is 0.0953 e. The Labute approximate surface area is 81.5 Å². The van der Waals surface area contributed by atoms with Crippen LogP contribution in [-0.2, 0) is 9.78 Å². The molecule has 13 heavy (non-hydrogen) atoms. The second-order valence-corrected chi connectivity index (χ2v) is 3.89. The number of unbranched alkanes of at least 4 members (excludes halogenated alkanes) is 5. The van der Waals surface area contributed by atoms with Crippen LogP contribution in [0, 0.1) is 0 Å². The first-order chi connectivity index (χ1) is 6.43. The zero-order chi connectivity index (χ0) is 9.36. The molecule has 1 atom stereocenters. The minimum atomic E-state index is 0.395. The summed E-state index contributed by atoms with van der Waals surface area (Å²) in [6.45, 7) is 3.05. The van der Waals surface area contributed by atoms with Crippen molar-refractivity contribution in [3.63, 3.8) is 0 Å². The maximum absolute atomic E-state index is 5.08. The molecule has 1 saturated heterocycles. The molecule has 0 N–H and O–H groups in total. The molecule has 0 radical (unpaired) electrons. The van der Waals surface area contributed by atoms with Crippen LogP contribution in [0.4, 0.5) is 0 Å². The minimum absolute atomic E-state index is 0.395. The molecule has 0 aromatic rings. The van der Waals surface area contributed by atoms with E-state index in [1.165, 1.54) is 44.9 Å². The van der Waals surface area contributed by atoms with Gasteiger partial charge in [0.1, 0.15) is 0 Å². The highest BCUT2D eigenvalue weighted by Crippen LogP contribution is 2.16. The molecular formula is C11H22O2. The Morgan fingerprint density at radius 3 is 2.54 bits per heavy atom. The van der Waals surface area contributed by atoms with Gasteiger partial charge in [-0.15, -0.1) is 0 Å². The third-order valence-corrected chi connectivity index (χ3v) is 2.61. The molecule has 0 spiro atoms. The highest BCUT2D eigenvalue weighted by molar-refractivity contribution is 4.59. The molecule has 2 heteroatoms. The molecular weight excluding hydrogens is 164 g/mol.